The molecule has 0 saturated heterocycles. The van der Waals surface area contributed by atoms with E-state index in [2.05, 4.69) is 288 Å². The molecular weight excluding hydrogens is 763 g/mol. The predicted molar refractivity (Wildman–Crippen MR) is 270 cm³/mol. The summed E-state index contributed by atoms with van der Waals surface area (Å²) in [5.74, 6) is 0. The zero-order valence-electron chi connectivity index (χ0n) is 34.8. The van der Waals surface area contributed by atoms with Crippen molar-refractivity contribution in [2.45, 2.75) is 0 Å². The third-order valence-electron chi connectivity index (χ3n) is 11.2. The van der Waals surface area contributed by atoms with E-state index in [1.165, 1.54) is 0 Å². The molecule has 9 aromatic carbocycles. The van der Waals surface area contributed by atoms with E-state index in [0.29, 0.717) is 0 Å². The number of rotatable bonds is 9. The van der Waals surface area contributed by atoms with Gasteiger partial charge in [0.15, 0.2) is 0 Å². The van der Waals surface area contributed by atoms with Gasteiger partial charge in [-0.15, -0.1) is 0 Å². The van der Waals surface area contributed by atoms with E-state index in [4.69, 9.17) is 0 Å². The van der Waals surface area contributed by atoms with Crippen molar-refractivity contribution in [3.8, 4) is 0 Å². The Balaban J connectivity index is 1.19. The van der Waals surface area contributed by atoms with Gasteiger partial charge in [0.05, 0.1) is 0 Å². The van der Waals surface area contributed by atoms with Crippen molar-refractivity contribution >= 4 is 87.6 Å². The first-order valence-electron chi connectivity index (χ1n) is 21.4. The second-order valence-corrected chi connectivity index (χ2v) is 15.6. The summed E-state index contributed by atoms with van der Waals surface area (Å²) in [7, 11) is 0. The molecule has 0 fully saturated rings. The highest BCUT2D eigenvalue weighted by atomic mass is 15.2. The lowest BCUT2D eigenvalue weighted by atomic mass is 10.0. The lowest BCUT2D eigenvalue weighted by Crippen LogP contribution is -2.10. The minimum Gasteiger partial charge on any atom is -0.310 e. The van der Waals surface area contributed by atoms with E-state index in [0.717, 1.165) is 84.6 Å². The number of anilines is 9. The molecule has 63 heavy (non-hydrogen) atoms. The van der Waals surface area contributed by atoms with Gasteiger partial charge >= 0.3 is 0 Å². The summed E-state index contributed by atoms with van der Waals surface area (Å²) in [6.07, 6.45) is 13.5. The van der Waals surface area contributed by atoms with Crippen molar-refractivity contribution < 1.29 is 0 Å². The van der Waals surface area contributed by atoms with Crippen LogP contribution in [0, 0.1) is 0 Å². The first-order valence-corrected chi connectivity index (χ1v) is 21.4. The fourth-order valence-corrected chi connectivity index (χ4v) is 8.32. The number of hydrogen-bond acceptors (Lipinski definition) is 3. The SMILES string of the molecule is C1=C\c2cc(cc(N(c3ccccc3)c3ccccc3)c2)/C=C\c2cc(cc(N(c3ccccc3)c3ccccc3)c2)/C=C\c2cc/1cc(N(c1ccccc1)c1ccccc1)c2. The monoisotopic (exact) mass is 807 g/mol. The maximum absolute atomic E-state index is 2.33. The molecule has 0 atom stereocenters. The number of nitrogens with zero attached hydrogens (tertiary/aromatic N) is 3. The Kier molecular flexibility index (Phi) is 11.1. The molecule has 0 saturated carbocycles. The van der Waals surface area contributed by atoms with Gasteiger partial charge in [-0.2, -0.15) is 0 Å². The molecule has 3 heteroatoms. The molecule has 3 nitrogen and oxygen atoms in total. The Hall–Kier alpha value is -8.40. The molecule has 10 rings (SSSR count). The van der Waals surface area contributed by atoms with Gasteiger partial charge < -0.3 is 14.7 Å². The Morgan fingerprint density at radius 2 is 0.317 bits per heavy atom. The van der Waals surface area contributed by atoms with Crippen molar-refractivity contribution in [2.75, 3.05) is 14.7 Å². The van der Waals surface area contributed by atoms with Crippen molar-refractivity contribution in [2.24, 2.45) is 0 Å². The maximum Gasteiger partial charge on any atom is 0.0473 e. The molecule has 0 radical (unpaired) electrons. The van der Waals surface area contributed by atoms with Gasteiger partial charge in [-0.1, -0.05) is 146 Å². The van der Waals surface area contributed by atoms with Gasteiger partial charge in [-0.05, 0) is 161 Å². The van der Waals surface area contributed by atoms with Crippen LogP contribution in [0.15, 0.2) is 237 Å². The highest BCUT2D eigenvalue weighted by Gasteiger charge is 2.17. The molecule has 300 valence electrons. The average Bonchev–Trinajstić information content (AvgIpc) is 3.34. The largest absolute Gasteiger partial charge is 0.310 e. The number of hydrogen-bond donors (Lipinski definition) is 0. The average molecular weight is 808 g/mol. The number of benzene rings is 9. The second kappa shape index (κ2) is 18.1. The summed E-state index contributed by atoms with van der Waals surface area (Å²) in [5.41, 5.74) is 16.3. The van der Waals surface area contributed by atoms with Crippen LogP contribution in [0.25, 0.3) is 36.5 Å². The van der Waals surface area contributed by atoms with Crippen LogP contribution in [-0.2, 0) is 0 Å². The predicted octanol–water partition coefficient (Wildman–Crippen LogP) is 16.9. The van der Waals surface area contributed by atoms with Gasteiger partial charge in [0.25, 0.3) is 0 Å². The lowest BCUT2D eigenvalue weighted by Gasteiger charge is -2.26. The second-order valence-electron chi connectivity index (χ2n) is 15.6. The topological polar surface area (TPSA) is 9.72 Å². The Bertz CT molecular complexity index is 2510. The summed E-state index contributed by atoms with van der Waals surface area (Å²) < 4.78 is 0. The van der Waals surface area contributed by atoms with E-state index in [1.807, 2.05) is 0 Å². The van der Waals surface area contributed by atoms with Crippen LogP contribution in [0.4, 0.5) is 51.2 Å². The summed E-state index contributed by atoms with van der Waals surface area (Å²) in [5, 5.41) is 0. The first-order chi connectivity index (χ1) is 31.2. The van der Waals surface area contributed by atoms with Gasteiger partial charge in [-0.25, -0.2) is 0 Å². The Morgan fingerprint density at radius 3 is 0.476 bits per heavy atom. The molecule has 0 amide bonds. The quantitative estimate of drug-likeness (QED) is 0.144. The fraction of sp³-hybridized carbons (Fsp3) is 0. The van der Waals surface area contributed by atoms with Crippen molar-refractivity contribution in [1.82, 2.24) is 0 Å². The molecule has 0 aromatic heterocycles. The van der Waals surface area contributed by atoms with Crippen molar-refractivity contribution in [3.05, 3.63) is 270 Å². The van der Waals surface area contributed by atoms with Gasteiger partial charge in [0, 0.05) is 51.2 Å². The third kappa shape index (κ3) is 8.90. The Morgan fingerprint density at radius 1 is 0.159 bits per heavy atom. The highest BCUT2D eigenvalue weighted by Crippen LogP contribution is 2.40. The molecule has 0 heterocycles. The minimum atomic E-state index is 1.07. The zero-order valence-corrected chi connectivity index (χ0v) is 34.8. The van der Waals surface area contributed by atoms with Crippen LogP contribution in [-0.4, -0.2) is 0 Å². The van der Waals surface area contributed by atoms with Crippen LogP contribution in [0.5, 0.6) is 0 Å². The van der Waals surface area contributed by atoms with Crippen LogP contribution in [0.2, 0.25) is 0 Å². The van der Waals surface area contributed by atoms with Gasteiger partial charge in [0.1, 0.15) is 0 Å². The van der Waals surface area contributed by atoms with E-state index in [9.17, 15) is 0 Å². The summed E-state index contributed by atoms with van der Waals surface area (Å²) in [6, 6.07) is 84.2. The smallest absolute Gasteiger partial charge is 0.0473 e. The van der Waals surface area contributed by atoms with E-state index >= 15 is 0 Å². The molecule has 0 N–H and O–H groups in total. The van der Waals surface area contributed by atoms with Gasteiger partial charge in [-0.3, -0.25) is 0 Å². The molecule has 9 aromatic rings. The molecular formula is C60H45N3. The molecule has 1 aliphatic carbocycles. The Labute approximate surface area is 370 Å². The molecule has 0 unspecified atom stereocenters. The van der Waals surface area contributed by atoms with E-state index in [1.54, 1.807) is 0 Å². The first kappa shape index (κ1) is 38.8. The standard InChI is InChI=1S/C60H45N3/c1-7-19-52(20-8-1)61(53-21-9-2-10-22-53)58-40-46-31-33-48-38-50(44-59(42-48)62(54-23-11-3-12-24-54)55-25-13-4-14-26-55)35-36-51-39-49(34-32-47(37-46)41-58)43-60(45-51)63(56-27-15-5-16-28-56)57-29-17-6-18-30-57/h1-45H/b33-31-,34-32-,36-35-. The summed E-state index contributed by atoms with van der Waals surface area (Å²) in [4.78, 5) is 7.00. The van der Waals surface area contributed by atoms with Crippen LogP contribution in [0.3, 0.4) is 0 Å². The normalized spacial score (nSPS) is 13.1. The lowest BCUT2D eigenvalue weighted by molar-refractivity contribution is 1.28. The maximum atomic E-state index is 2.33. The molecule has 0 spiro atoms. The van der Waals surface area contributed by atoms with Crippen LogP contribution >= 0.6 is 0 Å². The molecule has 0 aliphatic heterocycles. The van der Waals surface area contributed by atoms with Crippen molar-refractivity contribution in [1.29, 1.82) is 0 Å². The zero-order chi connectivity index (χ0) is 42.2. The third-order valence-corrected chi connectivity index (χ3v) is 11.2. The van der Waals surface area contributed by atoms with Gasteiger partial charge in [0.2, 0.25) is 0 Å². The van der Waals surface area contributed by atoms with Crippen LogP contribution in [0.1, 0.15) is 33.4 Å². The van der Waals surface area contributed by atoms with Crippen LogP contribution < -0.4 is 14.7 Å². The van der Waals surface area contributed by atoms with E-state index in [-0.39, 0.29) is 0 Å². The summed E-state index contributed by atoms with van der Waals surface area (Å²) >= 11 is 0. The molecule has 1 aliphatic rings. The molecule has 6 bridgehead atoms. The fourth-order valence-electron chi connectivity index (χ4n) is 8.32. The number of para-hydroxylation sites is 6. The van der Waals surface area contributed by atoms with E-state index < -0.39 is 0 Å². The summed E-state index contributed by atoms with van der Waals surface area (Å²) in [6.45, 7) is 0. The minimum absolute atomic E-state index is 1.07. The van der Waals surface area contributed by atoms with Crippen molar-refractivity contribution in [3.63, 3.8) is 0 Å². The number of fused-ring (bicyclic) bond motifs is 6. The highest BCUT2D eigenvalue weighted by molar-refractivity contribution is 5.88.